The van der Waals surface area contributed by atoms with Crippen molar-refractivity contribution in [2.45, 2.75) is 69.7 Å². The molecule has 0 radical (unpaired) electrons. The highest BCUT2D eigenvalue weighted by molar-refractivity contribution is 5.92. The van der Waals surface area contributed by atoms with Gasteiger partial charge in [0.1, 0.15) is 18.7 Å². The summed E-state index contributed by atoms with van der Waals surface area (Å²) in [6.07, 6.45) is 5.62. The van der Waals surface area contributed by atoms with E-state index in [1.807, 2.05) is 60.7 Å². The maximum Gasteiger partial charge on any atom is 0.329 e. The number of piperidine rings is 2. The van der Waals surface area contributed by atoms with E-state index in [4.69, 9.17) is 4.74 Å². The van der Waals surface area contributed by atoms with Gasteiger partial charge in [0.2, 0.25) is 11.8 Å². The van der Waals surface area contributed by atoms with E-state index in [0.29, 0.717) is 19.4 Å². The monoisotopic (exact) mass is 491 g/mol. The minimum Gasteiger partial charge on any atom is -0.459 e. The highest BCUT2D eigenvalue weighted by atomic mass is 16.5. The van der Waals surface area contributed by atoms with Crippen molar-refractivity contribution in [2.24, 2.45) is 0 Å². The van der Waals surface area contributed by atoms with Crippen molar-refractivity contribution < 1.29 is 19.1 Å². The van der Waals surface area contributed by atoms with Gasteiger partial charge in [-0.15, -0.1) is 0 Å². The van der Waals surface area contributed by atoms with Gasteiger partial charge in [-0.25, -0.2) is 4.79 Å². The summed E-state index contributed by atoms with van der Waals surface area (Å²) >= 11 is 0. The Labute approximate surface area is 213 Å². The Balaban J connectivity index is 1.50. The maximum atomic E-state index is 13.8. The highest BCUT2D eigenvalue weighted by Gasteiger charge is 2.40. The summed E-state index contributed by atoms with van der Waals surface area (Å²) in [5, 5.41) is 3.32. The Morgan fingerprint density at radius 2 is 1.61 bits per heavy atom. The summed E-state index contributed by atoms with van der Waals surface area (Å²) in [6.45, 7) is 1.55. The van der Waals surface area contributed by atoms with Crippen molar-refractivity contribution in [1.29, 1.82) is 0 Å². The molecule has 2 aliphatic heterocycles. The number of hydrogen-bond donors (Lipinski definition) is 1. The lowest BCUT2D eigenvalue weighted by molar-refractivity contribution is -0.159. The number of carbonyl (C=O) groups excluding carboxylic acids is 3. The minimum atomic E-state index is -0.782. The summed E-state index contributed by atoms with van der Waals surface area (Å²) in [4.78, 5) is 43.7. The van der Waals surface area contributed by atoms with E-state index in [9.17, 15) is 14.4 Å². The van der Waals surface area contributed by atoms with Crippen molar-refractivity contribution in [3.05, 3.63) is 71.8 Å². The first-order valence-corrected chi connectivity index (χ1v) is 13.1. The molecule has 0 saturated carbocycles. The molecule has 2 aromatic carbocycles. The summed E-state index contributed by atoms with van der Waals surface area (Å²) in [6, 6.07) is 17.6. The summed E-state index contributed by atoms with van der Waals surface area (Å²) < 4.78 is 5.67. The van der Waals surface area contributed by atoms with Crippen molar-refractivity contribution in [3.8, 4) is 0 Å². The van der Waals surface area contributed by atoms with Crippen LogP contribution in [0.15, 0.2) is 60.7 Å². The molecule has 1 N–H and O–H groups in total. The van der Waals surface area contributed by atoms with E-state index in [1.165, 1.54) is 4.90 Å². The van der Waals surface area contributed by atoms with Crippen LogP contribution in [0.2, 0.25) is 0 Å². The predicted octanol–water partition coefficient (Wildman–Crippen LogP) is 3.32. The molecule has 4 rings (SSSR count). The molecule has 0 spiro atoms. The van der Waals surface area contributed by atoms with Gasteiger partial charge < -0.3 is 19.9 Å². The minimum absolute atomic E-state index is 0.00686. The number of esters is 1. The lowest BCUT2D eigenvalue weighted by Crippen LogP contribution is -2.59. The maximum absolute atomic E-state index is 13.8. The fourth-order valence-corrected chi connectivity index (χ4v) is 5.14. The Hall–Kier alpha value is -3.19. The summed E-state index contributed by atoms with van der Waals surface area (Å²) in [5.41, 5.74) is 1.84. The van der Waals surface area contributed by atoms with Crippen LogP contribution in [0.1, 0.15) is 49.7 Å². The molecule has 0 bridgehead atoms. The molecule has 192 valence electrons. The van der Waals surface area contributed by atoms with E-state index < -0.39 is 18.1 Å². The second-order valence-corrected chi connectivity index (χ2v) is 9.79. The van der Waals surface area contributed by atoms with Gasteiger partial charge >= 0.3 is 5.97 Å². The number of nitrogens with one attached hydrogen (secondary N) is 1. The third kappa shape index (κ3) is 6.52. The van der Waals surface area contributed by atoms with E-state index in [1.54, 1.807) is 11.9 Å². The van der Waals surface area contributed by atoms with E-state index in [-0.39, 0.29) is 24.5 Å². The lowest BCUT2D eigenvalue weighted by atomic mass is 9.96. The highest BCUT2D eigenvalue weighted by Crippen LogP contribution is 2.23. The Morgan fingerprint density at radius 3 is 2.28 bits per heavy atom. The molecular weight excluding hydrogens is 454 g/mol. The number of benzene rings is 2. The fraction of sp³-hybridized carbons (Fsp3) is 0.483. The Morgan fingerprint density at radius 1 is 0.944 bits per heavy atom. The van der Waals surface area contributed by atoms with Gasteiger partial charge in [0, 0.05) is 20.0 Å². The van der Waals surface area contributed by atoms with Gasteiger partial charge in [-0.2, -0.15) is 0 Å². The van der Waals surface area contributed by atoms with E-state index in [0.717, 1.165) is 49.8 Å². The number of amides is 2. The Kier molecular flexibility index (Phi) is 9.11. The van der Waals surface area contributed by atoms with Gasteiger partial charge in [-0.1, -0.05) is 67.1 Å². The first-order valence-electron chi connectivity index (χ1n) is 13.1. The van der Waals surface area contributed by atoms with Crippen LogP contribution in [0.5, 0.6) is 0 Å². The first kappa shape index (κ1) is 25.9. The molecule has 36 heavy (non-hydrogen) atoms. The SMILES string of the molecule is CN(C(=O)[C@@H]1CCCCN1C(=O)[C@H]1CCCCN1)[C@H](Cc1ccccc1)C(=O)OCc1ccccc1. The first-order chi connectivity index (χ1) is 17.5. The standard InChI is InChI=1S/C29H37N3O4/c1-31(28(34)25-17-9-11-19-32(25)27(33)24-16-8-10-18-30-24)26(20-22-12-4-2-5-13-22)29(35)36-21-23-14-6-3-7-15-23/h2-7,12-15,24-26,30H,8-11,16-21H2,1H3/t24-,25+,26-/m1/s1. The van der Waals surface area contributed by atoms with Crippen LogP contribution in [0, 0.1) is 0 Å². The van der Waals surface area contributed by atoms with E-state index in [2.05, 4.69) is 5.32 Å². The van der Waals surface area contributed by atoms with Gasteiger partial charge in [-0.05, 0) is 49.8 Å². The molecule has 3 atom stereocenters. The van der Waals surface area contributed by atoms with Crippen molar-refractivity contribution in [2.75, 3.05) is 20.1 Å². The van der Waals surface area contributed by atoms with Gasteiger partial charge in [0.25, 0.3) is 0 Å². The number of ether oxygens (including phenoxy) is 1. The molecule has 2 fully saturated rings. The number of rotatable bonds is 8. The van der Waals surface area contributed by atoms with Crippen LogP contribution in [0.3, 0.4) is 0 Å². The second kappa shape index (κ2) is 12.7. The smallest absolute Gasteiger partial charge is 0.329 e. The average molecular weight is 492 g/mol. The predicted molar refractivity (Wildman–Crippen MR) is 138 cm³/mol. The molecule has 2 aromatic rings. The molecular formula is C29H37N3O4. The number of likely N-dealkylation sites (tertiary alicyclic amines) is 1. The topological polar surface area (TPSA) is 79.0 Å². The van der Waals surface area contributed by atoms with Gasteiger partial charge in [0.05, 0.1) is 6.04 Å². The third-order valence-electron chi connectivity index (χ3n) is 7.26. The van der Waals surface area contributed by atoms with Crippen LogP contribution in [0.25, 0.3) is 0 Å². The largest absolute Gasteiger partial charge is 0.459 e. The lowest BCUT2D eigenvalue weighted by Gasteiger charge is -2.40. The van der Waals surface area contributed by atoms with Crippen LogP contribution in [-0.2, 0) is 32.1 Å². The normalized spacial score (nSPS) is 20.9. The molecule has 2 amide bonds. The molecule has 2 heterocycles. The quantitative estimate of drug-likeness (QED) is 0.573. The average Bonchev–Trinajstić information content (AvgIpc) is 2.95. The summed E-state index contributed by atoms with van der Waals surface area (Å²) in [7, 11) is 1.66. The number of carbonyl (C=O) groups is 3. The number of likely N-dealkylation sites (N-methyl/N-ethyl adjacent to an activating group) is 1. The van der Waals surface area contributed by atoms with Crippen molar-refractivity contribution in [3.63, 3.8) is 0 Å². The Bertz CT molecular complexity index is 1010. The van der Waals surface area contributed by atoms with E-state index >= 15 is 0 Å². The molecule has 0 unspecified atom stereocenters. The zero-order valence-electron chi connectivity index (χ0n) is 21.1. The third-order valence-corrected chi connectivity index (χ3v) is 7.26. The molecule has 2 aliphatic rings. The van der Waals surface area contributed by atoms with Crippen LogP contribution >= 0.6 is 0 Å². The van der Waals surface area contributed by atoms with Gasteiger partial charge in [0.15, 0.2) is 0 Å². The molecule has 0 aliphatic carbocycles. The zero-order chi connectivity index (χ0) is 25.3. The van der Waals surface area contributed by atoms with Crippen LogP contribution < -0.4 is 5.32 Å². The van der Waals surface area contributed by atoms with Crippen LogP contribution in [-0.4, -0.2) is 65.8 Å². The zero-order valence-corrected chi connectivity index (χ0v) is 21.1. The van der Waals surface area contributed by atoms with Gasteiger partial charge in [-0.3, -0.25) is 9.59 Å². The molecule has 2 saturated heterocycles. The second-order valence-electron chi connectivity index (χ2n) is 9.79. The summed E-state index contributed by atoms with van der Waals surface area (Å²) in [5.74, 6) is -0.634. The van der Waals surface area contributed by atoms with Crippen molar-refractivity contribution in [1.82, 2.24) is 15.1 Å². The van der Waals surface area contributed by atoms with Crippen molar-refractivity contribution >= 4 is 17.8 Å². The fourth-order valence-electron chi connectivity index (χ4n) is 5.14. The number of nitrogens with zero attached hydrogens (tertiary/aromatic N) is 2. The molecule has 7 heteroatoms. The number of hydrogen-bond acceptors (Lipinski definition) is 5. The van der Waals surface area contributed by atoms with Crippen LogP contribution in [0.4, 0.5) is 0 Å². The molecule has 0 aromatic heterocycles. The molecule has 7 nitrogen and oxygen atoms in total.